The first-order chi connectivity index (χ1) is 6.09. The zero-order chi connectivity index (χ0) is 9.84. The lowest BCUT2D eigenvalue weighted by Crippen LogP contribution is -2.08. The minimum absolute atomic E-state index is 0.273. The molecule has 0 radical (unpaired) electrons. The largest absolute Gasteiger partial charge is 0.485 e. The molecule has 2 N–H and O–H groups in total. The molecule has 1 rings (SSSR count). The molecule has 2 nitrogen and oxygen atoms in total. The van der Waals surface area contributed by atoms with E-state index in [4.69, 9.17) is 10.5 Å². The summed E-state index contributed by atoms with van der Waals surface area (Å²) >= 11 is 3.18. The van der Waals surface area contributed by atoms with Crippen molar-refractivity contribution >= 4 is 21.6 Å². The van der Waals surface area contributed by atoms with E-state index in [1.54, 1.807) is 18.2 Å². The van der Waals surface area contributed by atoms with Gasteiger partial charge in [-0.1, -0.05) is 15.9 Å². The summed E-state index contributed by atoms with van der Waals surface area (Å²) in [7, 11) is 0. The number of halogens is 3. The lowest BCUT2D eigenvalue weighted by atomic mass is 10.3. The van der Waals surface area contributed by atoms with Gasteiger partial charge >= 0.3 is 0 Å². The Balaban J connectivity index is 2.70. The fourth-order valence-electron chi connectivity index (χ4n) is 0.786. The molecular formula is C8H8BrF2NO. The van der Waals surface area contributed by atoms with Crippen molar-refractivity contribution in [3.63, 3.8) is 0 Å². The van der Waals surface area contributed by atoms with Gasteiger partial charge in [0.25, 0.3) is 6.43 Å². The smallest absolute Gasteiger partial charge is 0.272 e. The van der Waals surface area contributed by atoms with Crippen LogP contribution < -0.4 is 10.5 Å². The topological polar surface area (TPSA) is 35.2 Å². The van der Waals surface area contributed by atoms with Crippen molar-refractivity contribution in [3.05, 3.63) is 22.7 Å². The van der Waals surface area contributed by atoms with E-state index in [0.29, 0.717) is 5.69 Å². The van der Waals surface area contributed by atoms with Gasteiger partial charge in [0.05, 0.1) is 5.69 Å². The Hall–Kier alpha value is -0.840. The second-order valence-electron chi connectivity index (χ2n) is 2.38. The van der Waals surface area contributed by atoms with Crippen molar-refractivity contribution in [1.82, 2.24) is 0 Å². The molecule has 0 aliphatic carbocycles. The highest BCUT2D eigenvalue weighted by molar-refractivity contribution is 9.10. The van der Waals surface area contributed by atoms with Gasteiger partial charge in [0.15, 0.2) is 0 Å². The van der Waals surface area contributed by atoms with Gasteiger partial charge in [-0.2, -0.15) is 0 Å². The number of hydrogen-bond donors (Lipinski definition) is 1. The summed E-state index contributed by atoms with van der Waals surface area (Å²) in [6, 6.07) is 4.85. The third kappa shape index (κ3) is 3.18. The van der Waals surface area contributed by atoms with Crippen LogP contribution in [0.2, 0.25) is 0 Å². The summed E-state index contributed by atoms with van der Waals surface area (Å²) in [6.45, 7) is -0.638. The highest BCUT2D eigenvalue weighted by atomic mass is 79.9. The molecule has 0 amide bonds. The number of hydrogen-bond acceptors (Lipinski definition) is 2. The average Bonchev–Trinajstić information content (AvgIpc) is 2.06. The van der Waals surface area contributed by atoms with Gasteiger partial charge in [0.2, 0.25) is 0 Å². The van der Waals surface area contributed by atoms with Crippen LogP contribution in [0, 0.1) is 0 Å². The van der Waals surface area contributed by atoms with Gasteiger partial charge in [-0.15, -0.1) is 0 Å². The zero-order valence-electron chi connectivity index (χ0n) is 6.64. The molecule has 0 spiro atoms. The predicted molar refractivity (Wildman–Crippen MR) is 50.1 cm³/mol. The first-order valence-electron chi connectivity index (χ1n) is 3.55. The minimum Gasteiger partial charge on any atom is -0.485 e. The van der Waals surface area contributed by atoms with Crippen molar-refractivity contribution in [3.8, 4) is 5.75 Å². The van der Waals surface area contributed by atoms with Crippen LogP contribution in [0.15, 0.2) is 22.7 Å². The van der Waals surface area contributed by atoms with Gasteiger partial charge in [-0.05, 0) is 18.2 Å². The molecule has 72 valence electrons. The van der Waals surface area contributed by atoms with Crippen molar-refractivity contribution in [2.75, 3.05) is 12.3 Å². The summed E-state index contributed by atoms with van der Waals surface area (Å²) < 4.78 is 29.1. The average molecular weight is 252 g/mol. The maximum absolute atomic E-state index is 11.8. The Labute approximate surface area is 82.8 Å². The molecule has 0 saturated heterocycles. The van der Waals surface area contributed by atoms with Gasteiger partial charge in [-0.25, -0.2) is 8.78 Å². The summed E-state index contributed by atoms with van der Waals surface area (Å²) in [5.74, 6) is 0.273. The van der Waals surface area contributed by atoms with Crippen molar-refractivity contribution in [2.24, 2.45) is 0 Å². The SMILES string of the molecule is Nc1ccc(Br)cc1OCC(F)F. The lowest BCUT2D eigenvalue weighted by Gasteiger charge is -2.08. The third-order valence-corrected chi connectivity index (χ3v) is 1.83. The quantitative estimate of drug-likeness (QED) is 0.839. The molecule has 5 heteroatoms. The molecule has 0 atom stereocenters. The van der Waals surface area contributed by atoms with E-state index in [-0.39, 0.29) is 5.75 Å². The summed E-state index contributed by atoms with van der Waals surface area (Å²) in [6.07, 6.45) is -2.49. The van der Waals surface area contributed by atoms with Crippen LogP contribution in [-0.4, -0.2) is 13.0 Å². The summed E-state index contributed by atoms with van der Waals surface area (Å²) in [5, 5.41) is 0. The molecule has 1 aromatic carbocycles. The Kier molecular flexibility index (Phi) is 3.48. The van der Waals surface area contributed by atoms with Gasteiger partial charge in [0, 0.05) is 4.47 Å². The fraction of sp³-hybridized carbons (Fsp3) is 0.250. The van der Waals surface area contributed by atoms with Crippen molar-refractivity contribution in [2.45, 2.75) is 6.43 Å². The van der Waals surface area contributed by atoms with Crippen LogP contribution in [0.25, 0.3) is 0 Å². The van der Waals surface area contributed by atoms with Crippen LogP contribution in [-0.2, 0) is 0 Å². The van der Waals surface area contributed by atoms with Crippen molar-refractivity contribution < 1.29 is 13.5 Å². The van der Waals surface area contributed by atoms with E-state index in [0.717, 1.165) is 4.47 Å². The van der Waals surface area contributed by atoms with Gasteiger partial charge < -0.3 is 10.5 Å². The molecule has 0 saturated carbocycles. The van der Waals surface area contributed by atoms with Crippen molar-refractivity contribution in [1.29, 1.82) is 0 Å². The number of alkyl halides is 2. The van der Waals surface area contributed by atoms with E-state index >= 15 is 0 Å². The molecule has 0 fully saturated rings. The van der Waals surface area contributed by atoms with E-state index in [1.165, 1.54) is 0 Å². The second kappa shape index (κ2) is 4.41. The highest BCUT2D eigenvalue weighted by Gasteiger charge is 2.06. The number of nitrogen functional groups attached to an aromatic ring is 1. The molecule has 13 heavy (non-hydrogen) atoms. The van der Waals surface area contributed by atoms with Crippen LogP contribution >= 0.6 is 15.9 Å². The monoisotopic (exact) mass is 251 g/mol. The molecule has 0 aromatic heterocycles. The fourth-order valence-corrected chi connectivity index (χ4v) is 1.13. The number of nitrogens with two attached hydrogens (primary N) is 1. The number of rotatable bonds is 3. The molecule has 0 unspecified atom stereocenters. The number of anilines is 1. The molecule has 0 aliphatic rings. The van der Waals surface area contributed by atoms with E-state index in [9.17, 15) is 8.78 Å². The second-order valence-corrected chi connectivity index (χ2v) is 3.30. The zero-order valence-corrected chi connectivity index (χ0v) is 8.22. The maximum Gasteiger partial charge on any atom is 0.272 e. The lowest BCUT2D eigenvalue weighted by molar-refractivity contribution is 0.0822. The van der Waals surface area contributed by atoms with Crippen LogP contribution in [0.3, 0.4) is 0 Å². The molecule has 1 aromatic rings. The third-order valence-electron chi connectivity index (χ3n) is 1.34. The normalized spacial score (nSPS) is 10.5. The van der Waals surface area contributed by atoms with E-state index in [2.05, 4.69) is 15.9 Å². The Bertz CT molecular complexity index is 293. The molecular weight excluding hydrogens is 244 g/mol. The van der Waals surface area contributed by atoms with Crippen LogP contribution in [0.1, 0.15) is 0 Å². The van der Waals surface area contributed by atoms with Gasteiger partial charge in [-0.3, -0.25) is 0 Å². The van der Waals surface area contributed by atoms with Crippen LogP contribution in [0.5, 0.6) is 5.75 Å². The summed E-state index contributed by atoms with van der Waals surface area (Å²) in [4.78, 5) is 0. The first-order valence-corrected chi connectivity index (χ1v) is 4.35. The summed E-state index contributed by atoms with van der Waals surface area (Å²) in [5.41, 5.74) is 5.84. The Morgan fingerprint density at radius 2 is 2.15 bits per heavy atom. The van der Waals surface area contributed by atoms with E-state index in [1.807, 2.05) is 0 Å². The minimum atomic E-state index is -2.49. The maximum atomic E-state index is 11.8. The highest BCUT2D eigenvalue weighted by Crippen LogP contribution is 2.25. The van der Waals surface area contributed by atoms with E-state index < -0.39 is 13.0 Å². The first kappa shape index (κ1) is 10.2. The Morgan fingerprint density at radius 3 is 2.77 bits per heavy atom. The van der Waals surface area contributed by atoms with Crippen LogP contribution in [0.4, 0.5) is 14.5 Å². The molecule has 0 aliphatic heterocycles. The number of ether oxygens (including phenoxy) is 1. The van der Waals surface area contributed by atoms with Gasteiger partial charge in [0.1, 0.15) is 12.4 Å². The predicted octanol–water partition coefficient (Wildman–Crippen LogP) is 2.68. The Morgan fingerprint density at radius 1 is 1.46 bits per heavy atom. The standard InChI is InChI=1S/C8H8BrF2NO/c9-5-1-2-6(12)7(3-5)13-4-8(10)11/h1-3,8H,4,12H2. The number of benzene rings is 1. The molecule has 0 heterocycles. The molecule has 0 bridgehead atoms.